The summed E-state index contributed by atoms with van der Waals surface area (Å²) >= 11 is 1.82. The van der Waals surface area contributed by atoms with Crippen molar-refractivity contribution in [3.8, 4) is 0 Å². The molecule has 2 rings (SSSR count). The molecule has 0 aliphatic carbocycles. The molecular weight excluding hydrogens is 232 g/mol. The van der Waals surface area contributed by atoms with E-state index in [1.807, 2.05) is 29.9 Å². The highest BCUT2D eigenvalue weighted by atomic mass is 32.1. The first-order valence-electron chi connectivity index (χ1n) is 5.87. The molecule has 0 aliphatic heterocycles. The van der Waals surface area contributed by atoms with Crippen molar-refractivity contribution in [1.82, 2.24) is 20.1 Å². The first-order chi connectivity index (χ1) is 8.25. The number of hydrogen-bond acceptors (Lipinski definition) is 4. The van der Waals surface area contributed by atoms with Crippen LogP contribution in [0.5, 0.6) is 0 Å². The Balaban J connectivity index is 1.65. The molecule has 0 aliphatic rings. The van der Waals surface area contributed by atoms with E-state index in [9.17, 15) is 0 Å². The van der Waals surface area contributed by atoms with Crippen molar-refractivity contribution >= 4 is 11.3 Å². The Bertz CT molecular complexity index is 447. The van der Waals surface area contributed by atoms with Gasteiger partial charge in [-0.2, -0.15) is 5.10 Å². The maximum absolute atomic E-state index is 4.33. The van der Waals surface area contributed by atoms with Gasteiger partial charge in [0.2, 0.25) is 0 Å². The van der Waals surface area contributed by atoms with Gasteiger partial charge in [-0.1, -0.05) is 6.07 Å². The van der Waals surface area contributed by atoms with Crippen molar-refractivity contribution in [2.24, 2.45) is 0 Å². The summed E-state index contributed by atoms with van der Waals surface area (Å²) in [5.74, 6) is 1.84. The molecule has 92 valence electrons. The van der Waals surface area contributed by atoms with Crippen LogP contribution in [-0.2, 0) is 13.0 Å². The zero-order valence-corrected chi connectivity index (χ0v) is 11.1. The SMILES string of the molecule is Cc1nc(C)n(CCNCCc2cccs2)n1. The molecule has 0 unspecified atom stereocenters. The molecule has 1 N–H and O–H groups in total. The minimum absolute atomic E-state index is 0.848. The van der Waals surface area contributed by atoms with Gasteiger partial charge in [0.25, 0.3) is 0 Å². The first kappa shape index (κ1) is 12.3. The minimum Gasteiger partial charge on any atom is -0.315 e. The van der Waals surface area contributed by atoms with E-state index in [0.717, 1.165) is 37.7 Å². The molecule has 4 nitrogen and oxygen atoms in total. The lowest BCUT2D eigenvalue weighted by Crippen LogP contribution is -2.23. The van der Waals surface area contributed by atoms with Crippen LogP contribution in [0.4, 0.5) is 0 Å². The molecule has 5 heteroatoms. The van der Waals surface area contributed by atoms with Crippen molar-refractivity contribution in [2.75, 3.05) is 13.1 Å². The molecule has 0 bridgehead atoms. The monoisotopic (exact) mass is 250 g/mol. The van der Waals surface area contributed by atoms with Gasteiger partial charge in [0, 0.05) is 18.0 Å². The molecule has 2 heterocycles. The van der Waals surface area contributed by atoms with Crippen LogP contribution in [0.3, 0.4) is 0 Å². The number of hydrogen-bond donors (Lipinski definition) is 1. The summed E-state index contributed by atoms with van der Waals surface area (Å²) in [6.07, 6.45) is 1.10. The molecule has 0 saturated carbocycles. The Kier molecular flexibility index (Phi) is 4.28. The highest BCUT2D eigenvalue weighted by Crippen LogP contribution is 2.07. The number of aromatic nitrogens is 3. The van der Waals surface area contributed by atoms with E-state index >= 15 is 0 Å². The molecule has 0 aromatic carbocycles. The van der Waals surface area contributed by atoms with Gasteiger partial charge in [0.1, 0.15) is 11.6 Å². The van der Waals surface area contributed by atoms with Crippen LogP contribution in [0.25, 0.3) is 0 Å². The third-order valence-electron chi connectivity index (χ3n) is 2.59. The molecular formula is C12H18N4S. The summed E-state index contributed by atoms with van der Waals surface area (Å²) < 4.78 is 1.95. The van der Waals surface area contributed by atoms with Crippen LogP contribution in [0, 0.1) is 13.8 Å². The van der Waals surface area contributed by atoms with Crippen LogP contribution in [-0.4, -0.2) is 27.9 Å². The zero-order chi connectivity index (χ0) is 12.1. The average Bonchev–Trinajstić information content (AvgIpc) is 2.89. The van der Waals surface area contributed by atoms with Crippen LogP contribution in [0.2, 0.25) is 0 Å². The van der Waals surface area contributed by atoms with Gasteiger partial charge in [0.05, 0.1) is 6.54 Å². The van der Waals surface area contributed by atoms with Gasteiger partial charge in [0.15, 0.2) is 0 Å². The number of nitrogens with zero attached hydrogens (tertiary/aromatic N) is 3. The molecule has 0 fully saturated rings. The standard InChI is InChI=1S/C12H18N4S/c1-10-14-11(2)16(15-10)8-7-13-6-5-12-4-3-9-17-12/h3-4,9,13H,5-8H2,1-2H3. The summed E-state index contributed by atoms with van der Waals surface area (Å²) in [5, 5.41) is 9.87. The van der Waals surface area contributed by atoms with E-state index in [1.54, 1.807) is 0 Å². The van der Waals surface area contributed by atoms with Gasteiger partial charge in [-0.3, -0.25) is 0 Å². The zero-order valence-electron chi connectivity index (χ0n) is 10.3. The molecule has 0 atom stereocenters. The average molecular weight is 250 g/mol. The molecule has 0 amide bonds. The number of nitrogens with one attached hydrogen (secondary N) is 1. The topological polar surface area (TPSA) is 42.7 Å². The fourth-order valence-electron chi connectivity index (χ4n) is 1.75. The molecule has 0 radical (unpaired) electrons. The Labute approximate surface area is 106 Å². The normalized spacial score (nSPS) is 10.9. The molecule has 17 heavy (non-hydrogen) atoms. The Morgan fingerprint density at radius 3 is 2.88 bits per heavy atom. The quantitative estimate of drug-likeness (QED) is 0.795. The van der Waals surface area contributed by atoms with Gasteiger partial charge >= 0.3 is 0 Å². The van der Waals surface area contributed by atoms with E-state index in [2.05, 4.69) is 32.9 Å². The fourth-order valence-corrected chi connectivity index (χ4v) is 2.46. The second kappa shape index (κ2) is 5.93. The smallest absolute Gasteiger partial charge is 0.147 e. The second-order valence-electron chi connectivity index (χ2n) is 4.01. The lowest BCUT2D eigenvalue weighted by atomic mass is 10.3. The predicted molar refractivity (Wildman–Crippen MR) is 70.4 cm³/mol. The highest BCUT2D eigenvalue weighted by Gasteiger charge is 2.01. The van der Waals surface area contributed by atoms with E-state index in [0.29, 0.717) is 0 Å². The Morgan fingerprint density at radius 2 is 2.24 bits per heavy atom. The molecule has 2 aromatic rings. The third-order valence-corrected chi connectivity index (χ3v) is 3.53. The molecule has 0 saturated heterocycles. The fraction of sp³-hybridized carbons (Fsp3) is 0.500. The molecule has 2 aromatic heterocycles. The second-order valence-corrected chi connectivity index (χ2v) is 5.04. The number of thiophene rings is 1. The van der Waals surface area contributed by atoms with Gasteiger partial charge < -0.3 is 5.32 Å². The van der Waals surface area contributed by atoms with Crippen LogP contribution < -0.4 is 5.32 Å². The largest absolute Gasteiger partial charge is 0.315 e. The Morgan fingerprint density at radius 1 is 1.35 bits per heavy atom. The van der Waals surface area contributed by atoms with Crippen molar-refractivity contribution in [3.05, 3.63) is 34.0 Å². The van der Waals surface area contributed by atoms with Crippen LogP contribution >= 0.6 is 11.3 Å². The van der Waals surface area contributed by atoms with Crippen molar-refractivity contribution in [1.29, 1.82) is 0 Å². The van der Waals surface area contributed by atoms with Crippen molar-refractivity contribution in [3.63, 3.8) is 0 Å². The van der Waals surface area contributed by atoms with Gasteiger partial charge in [-0.25, -0.2) is 9.67 Å². The summed E-state index contributed by atoms with van der Waals surface area (Å²) in [5.41, 5.74) is 0. The van der Waals surface area contributed by atoms with Crippen molar-refractivity contribution in [2.45, 2.75) is 26.8 Å². The van der Waals surface area contributed by atoms with Crippen LogP contribution in [0.15, 0.2) is 17.5 Å². The van der Waals surface area contributed by atoms with E-state index in [1.165, 1.54) is 4.88 Å². The van der Waals surface area contributed by atoms with Crippen LogP contribution in [0.1, 0.15) is 16.5 Å². The van der Waals surface area contributed by atoms with E-state index in [4.69, 9.17) is 0 Å². The minimum atomic E-state index is 0.848. The first-order valence-corrected chi connectivity index (χ1v) is 6.75. The lowest BCUT2D eigenvalue weighted by Gasteiger charge is -2.04. The summed E-state index contributed by atoms with van der Waals surface area (Å²) in [4.78, 5) is 5.71. The van der Waals surface area contributed by atoms with Gasteiger partial charge in [-0.15, -0.1) is 11.3 Å². The number of aryl methyl sites for hydroxylation is 2. The lowest BCUT2D eigenvalue weighted by molar-refractivity contribution is 0.543. The Hall–Kier alpha value is -1.20. The maximum Gasteiger partial charge on any atom is 0.147 e. The predicted octanol–water partition coefficient (Wildman–Crippen LogP) is 1.79. The summed E-state index contributed by atoms with van der Waals surface area (Å²) in [6, 6.07) is 4.28. The third kappa shape index (κ3) is 3.64. The van der Waals surface area contributed by atoms with E-state index < -0.39 is 0 Å². The number of rotatable bonds is 6. The molecule has 0 spiro atoms. The van der Waals surface area contributed by atoms with E-state index in [-0.39, 0.29) is 0 Å². The maximum atomic E-state index is 4.33. The summed E-state index contributed by atoms with van der Waals surface area (Å²) in [6.45, 7) is 6.76. The highest BCUT2D eigenvalue weighted by molar-refractivity contribution is 7.09. The summed E-state index contributed by atoms with van der Waals surface area (Å²) in [7, 11) is 0. The van der Waals surface area contributed by atoms with Crippen molar-refractivity contribution < 1.29 is 0 Å². The van der Waals surface area contributed by atoms with Gasteiger partial charge in [-0.05, 0) is 31.7 Å².